The lowest BCUT2D eigenvalue weighted by molar-refractivity contribution is -0.389. The van der Waals surface area contributed by atoms with Crippen molar-refractivity contribution in [2.45, 2.75) is 112 Å². The van der Waals surface area contributed by atoms with E-state index in [4.69, 9.17) is 33.2 Å². The second kappa shape index (κ2) is 17.7. The van der Waals surface area contributed by atoms with Crippen molar-refractivity contribution in [3.63, 3.8) is 0 Å². The molecule has 3 fully saturated rings. The van der Waals surface area contributed by atoms with Crippen LogP contribution in [-0.4, -0.2) is 157 Å². The Hall–Kier alpha value is -3.27. The van der Waals surface area contributed by atoms with Crippen LogP contribution in [0.5, 0.6) is 11.5 Å². The van der Waals surface area contributed by atoms with E-state index in [1.165, 1.54) is 38.1 Å². The molecule has 0 saturated carbocycles. The van der Waals surface area contributed by atoms with Gasteiger partial charge in [-0.25, -0.2) is 4.79 Å². The van der Waals surface area contributed by atoms with Crippen LogP contribution in [0.1, 0.15) is 25.0 Å². The minimum absolute atomic E-state index is 0.0163. The van der Waals surface area contributed by atoms with Gasteiger partial charge in [-0.3, -0.25) is 0 Å². The Bertz CT molecular complexity index is 1480. The molecule has 288 valence electrons. The Morgan fingerprint density at radius 1 is 0.712 bits per heavy atom. The summed E-state index contributed by atoms with van der Waals surface area (Å²) in [4.78, 5) is 13.3. The fourth-order valence-electron chi connectivity index (χ4n) is 6.08. The van der Waals surface area contributed by atoms with Crippen LogP contribution in [0, 0.1) is 0 Å². The van der Waals surface area contributed by atoms with Crippen LogP contribution in [0.15, 0.2) is 54.6 Å². The van der Waals surface area contributed by atoms with Crippen LogP contribution in [0.3, 0.4) is 0 Å². The number of carbonyl (C=O) groups is 1. The van der Waals surface area contributed by atoms with E-state index >= 15 is 0 Å². The Kier molecular flexibility index (Phi) is 13.6. The Morgan fingerprint density at radius 3 is 1.88 bits per heavy atom. The highest BCUT2D eigenvalue weighted by molar-refractivity contribution is 5.87. The van der Waals surface area contributed by atoms with Crippen LogP contribution < -0.4 is 0 Å². The molecule has 9 N–H and O–H groups in total. The van der Waals surface area contributed by atoms with E-state index < -0.39 is 110 Å². The van der Waals surface area contributed by atoms with Gasteiger partial charge < -0.3 is 79.1 Å². The molecule has 3 aliphatic heterocycles. The molecule has 0 aromatic heterocycles. The zero-order valence-corrected chi connectivity index (χ0v) is 28.3. The number of hydrogen-bond acceptors (Lipinski definition) is 17. The highest BCUT2D eigenvalue weighted by Crippen LogP contribution is 2.35. The van der Waals surface area contributed by atoms with Crippen molar-refractivity contribution in [3.8, 4) is 11.5 Å². The number of esters is 1. The zero-order chi connectivity index (χ0) is 37.7. The molecule has 3 aliphatic rings. The lowest BCUT2D eigenvalue weighted by Gasteiger charge is -2.49. The molecule has 0 bridgehead atoms. The maximum Gasteiger partial charge on any atom is 0.331 e. The van der Waals surface area contributed by atoms with E-state index in [0.717, 1.165) is 11.6 Å². The first-order valence-electron chi connectivity index (χ1n) is 16.8. The molecule has 5 rings (SSSR count). The molecule has 0 unspecified atom stereocenters. The summed E-state index contributed by atoms with van der Waals surface area (Å²) in [6.07, 6.45) is -20.4. The molecule has 2 aromatic rings. The topological polar surface area (TPSA) is 264 Å². The van der Waals surface area contributed by atoms with Crippen molar-refractivity contribution in [3.05, 3.63) is 65.7 Å². The monoisotopic (exact) mass is 738 g/mol. The lowest BCUT2D eigenvalue weighted by Crippen LogP contribution is -2.67. The van der Waals surface area contributed by atoms with Crippen molar-refractivity contribution in [1.29, 1.82) is 0 Å². The SMILES string of the molecule is C[C@@H]1O[C@@H](O[C@@H]2[C@@H](O[C@@H]3O[C@@H](C)[C@H](O)[C@@H](O)[C@H]3O)[C@H](OCCc3ccccc3)O[C@H](CO)[C@H]2OC(=O)/C=C/c2ccc(O)c(O)c2)[C@H](O)[C@H](O)[C@H]1O. The second-order valence-electron chi connectivity index (χ2n) is 12.9. The van der Waals surface area contributed by atoms with Gasteiger partial charge in [-0.05, 0) is 49.6 Å². The first-order valence-corrected chi connectivity index (χ1v) is 16.8. The van der Waals surface area contributed by atoms with Crippen molar-refractivity contribution in [1.82, 2.24) is 0 Å². The summed E-state index contributed by atoms with van der Waals surface area (Å²) in [5.41, 5.74) is 1.21. The minimum atomic E-state index is -1.84. The van der Waals surface area contributed by atoms with Gasteiger partial charge in [0.05, 0.1) is 25.4 Å². The van der Waals surface area contributed by atoms with Gasteiger partial charge in [-0.1, -0.05) is 36.4 Å². The molecule has 52 heavy (non-hydrogen) atoms. The molecule has 0 radical (unpaired) electrons. The summed E-state index contributed by atoms with van der Waals surface area (Å²) in [6.45, 7) is 2.10. The van der Waals surface area contributed by atoms with Crippen LogP contribution in [0.25, 0.3) is 6.08 Å². The third kappa shape index (κ3) is 9.26. The lowest BCUT2D eigenvalue weighted by atomic mass is 9.96. The Labute approximate surface area is 298 Å². The highest BCUT2D eigenvalue weighted by atomic mass is 16.8. The van der Waals surface area contributed by atoms with Crippen molar-refractivity contribution in [2.75, 3.05) is 13.2 Å². The molecule has 3 heterocycles. The molecule has 3 saturated heterocycles. The van der Waals surface area contributed by atoms with E-state index in [0.29, 0.717) is 12.0 Å². The van der Waals surface area contributed by atoms with Gasteiger partial charge in [0.25, 0.3) is 0 Å². The maximum absolute atomic E-state index is 13.3. The van der Waals surface area contributed by atoms with E-state index in [-0.39, 0.29) is 12.4 Å². The zero-order valence-electron chi connectivity index (χ0n) is 28.3. The predicted molar refractivity (Wildman–Crippen MR) is 175 cm³/mol. The third-order valence-corrected chi connectivity index (χ3v) is 9.15. The second-order valence-corrected chi connectivity index (χ2v) is 12.9. The Morgan fingerprint density at radius 2 is 1.31 bits per heavy atom. The summed E-state index contributed by atoms with van der Waals surface area (Å²) >= 11 is 0. The number of phenols is 2. The number of carbonyl (C=O) groups excluding carboxylic acids is 1. The number of aliphatic hydroxyl groups excluding tert-OH is 7. The normalized spacial score (nSPS) is 38.3. The maximum atomic E-state index is 13.3. The quantitative estimate of drug-likeness (QED) is 0.0676. The fraction of sp³-hybridized carbons (Fsp3) is 0.571. The van der Waals surface area contributed by atoms with Gasteiger partial charge in [0.15, 0.2) is 36.5 Å². The van der Waals surface area contributed by atoms with Gasteiger partial charge in [0, 0.05) is 6.08 Å². The van der Waals surface area contributed by atoms with Crippen molar-refractivity contribution < 1.29 is 83.9 Å². The van der Waals surface area contributed by atoms with Crippen LogP contribution >= 0.6 is 0 Å². The average Bonchev–Trinajstić information content (AvgIpc) is 3.13. The molecule has 15 atom stereocenters. The number of benzene rings is 2. The summed E-state index contributed by atoms with van der Waals surface area (Å²) in [5, 5.41) is 93.3. The number of phenolic OH excluding ortho intramolecular Hbond substituents is 2. The molecule has 0 aliphatic carbocycles. The molecule has 0 spiro atoms. The smallest absolute Gasteiger partial charge is 0.331 e. The molecular weight excluding hydrogens is 692 g/mol. The van der Waals surface area contributed by atoms with Gasteiger partial charge in [0.1, 0.15) is 54.9 Å². The van der Waals surface area contributed by atoms with Gasteiger partial charge >= 0.3 is 5.97 Å². The van der Waals surface area contributed by atoms with E-state index in [2.05, 4.69) is 0 Å². The molecule has 0 amide bonds. The standard InChI is InChI=1S/C35H46O17/c1-16-24(40)26(42)28(44)33(47-16)51-31-30(50-23(39)11-9-19-8-10-20(37)21(38)14-19)22(15-36)49-35(46-13-12-18-6-4-3-5-7-18)32(31)52-34-29(45)27(43)25(41)17(2)48-34/h3-11,14,16-17,22,24-38,40-45H,12-13,15H2,1-2H3/b11-9+/t16-,17-,22+,24-,25-,26+,27+,28+,29+,30+,31-,32+,33-,34-,35+/m0/s1. The number of aliphatic hydroxyl groups is 7. The Balaban J connectivity index is 1.49. The minimum Gasteiger partial charge on any atom is -0.504 e. The largest absolute Gasteiger partial charge is 0.504 e. The highest BCUT2D eigenvalue weighted by Gasteiger charge is 2.55. The fourth-order valence-corrected chi connectivity index (χ4v) is 6.08. The molecule has 17 nitrogen and oxygen atoms in total. The first-order chi connectivity index (χ1) is 24.8. The summed E-state index contributed by atoms with van der Waals surface area (Å²) in [7, 11) is 0. The molecule has 2 aromatic carbocycles. The summed E-state index contributed by atoms with van der Waals surface area (Å²) in [5.74, 6) is -1.82. The third-order valence-electron chi connectivity index (χ3n) is 9.15. The summed E-state index contributed by atoms with van der Waals surface area (Å²) < 4.78 is 41.6. The van der Waals surface area contributed by atoms with Crippen molar-refractivity contribution >= 4 is 12.0 Å². The number of hydrogen-bond donors (Lipinski definition) is 9. The average molecular weight is 739 g/mol. The van der Waals surface area contributed by atoms with E-state index in [1.54, 1.807) is 0 Å². The van der Waals surface area contributed by atoms with Gasteiger partial charge in [-0.2, -0.15) is 0 Å². The first kappa shape index (κ1) is 39.9. The summed E-state index contributed by atoms with van der Waals surface area (Å²) in [6, 6.07) is 13.1. The number of ether oxygens (including phenoxy) is 7. The number of aromatic hydroxyl groups is 2. The molecule has 17 heteroatoms. The number of rotatable bonds is 12. The van der Waals surface area contributed by atoms with Gasteiger partial charge in [0.2, 0.25) is 0 Å². The van der Waals surface area contributed by atoms with E-state index in [9.17, 15) is 50.8 Å². The van der Waals surface area contributed by atoms with Crippen molar-refractivity contribution in [2.24, 2.45) is 0 Å². The van der Waals surface area contributed by atoms with Crippen LogP contribution in [-0.2, 0) is 44.4 Å². The predicted octanol–water partition coefficient (Wildman–Crippen LogP) is -1.58. The molecular formula is C35H46O17. The van der Waals surface area contributed by atoms with Crippen LogP contribution in [0.2, 0.25) is 0 Å². The van der Waals surface area contributed by atoms with E-state index in [1.807, 2.05) is 30.3 Å². The van der Waals surface area contributed by atoms with Crippen LogP contribution in [0.4, 0.5) is 0 Å². The van der Waals surface area contributed by atoms with Gasteiger partial charge in [-0.15, -0.1) is 0 Å².